The number of sulfonamides is 1. The van der Waals surface area contributed by atoms with Gasteiger partial charge in [-0.3, -0.25) is 14.9 Å². The zero-order chi connectivity index (χ0) is 20.1. The molecule has 5 rings (SSSR count). The van der Waals surface area contributed by atoms with Crippen LogP contribution in [0.2, 0.25) is 0 Å². The SMILES string of the molecule is Cc1ccc(S(=O)(=O)N2[C@@H]3CC[C@@H](C(=O)C3)[C@H]2c2ccc([N+](=O)[O-])cc2)cc1. The van der Waals surface area contributed by atoms with Crippen LogP contribution in [0.5, 0.6) is 0 Å². The zero-order valence-electron chi connectivity index (χ0n) is 15.3. The summed E-state index contributed by atoms with van der Waals surface area (Å²) in [4.78, 5) is 23.2. The number of carbonyl (C=O) groups excluding carboxylic acids is 1. The van der Waals surface area contributed by atoms with Crippen LogP contribution in [-0.4, -0.2) is 29.5 Å². The number of piperidine rings is 2. The normalized spacial score (nSPS) is 25.0. The molecule has 2 saturated heterocycles. The van der Waals surface area contributed by atoms with E-state index in [0.29, 0.717) is 18.4 Å². The van der Waals surface area contributed by atoms with Crippen molar-refractivity contribution in [2.75, 3.05) is 0 Å². The Morgan fingerprint density at radius 1 is 1.04 bits per heavy atom. The average molecular weight is 400 g/mol. The number of nitro benzene ring substituents is 1. The number of rotatable bonds is 4. The van der Waals surface area contributed by atoms with Crippen molar-refractivity contribution in [2.45, 2.75) is 43.2 Å². The first kappa shape index (κ1) is 18.8. The predicted molar refractivity (Wildman–Crippen MR) is 102 cm³/mol. The van der Waals surface area contributed by atoms with E-state index in [-0.39, 0.29) is 28.8 Å². The molecular formula is C20H20N2O5S. The van der Waals surface area contributed by atoms with E-state index in [9.17, 15) is 23.3 Å². The van der Waals surface area contributed by atoms with Gasteiger partial charge in [-0.1, -0.05) is 29.8 Å². The molecule has 0 aromatic heterocycles. The van der Waals surface area contributed by atoms with E-state index in [1.807, 2.05) is 6.92 Å². The fourth-order valence-corrected chi connectivity index (χ4v) is 6.19. The highest BCUT2D eigenvalue weighted by molar-refractivity contribution is 7.89. The monoisotopic (exact) mass is 400 g/mol. The van der Waals surface area contributed by atoms with Crippen molar-refractivity contribution in [3.05, 3.63) is 69.8 Å². The second-order valence-corrected chi connectivity index (χ2v) is 9.29. The first-order valence-corrected chi connectivity index (χ1v) is 10.6. The minimum atomic E-state index is -3.81. The summed E-state index contributed by atoms with van der Waals surface area (Å²) in [7, 11) is -3.81. The molecule has 0 N–H and O–H groups in total. The topological polar surface area (TPSA) is 97.6 Å². The molecule has 1 aliphatic carbocycles. The van der Waals surface area contributed by atoms with Gasteiger partial charge in [-0.05, 0) is 37.5 Å². The van der Waals surface area contributed by atoms with Crippen molar-refractivity contribution in [1.82, 2.24) is 4.31 Å². The number of Topliss-reactive ketones (excluding diaryl/α,β-unsaturated/α-hetero) is 1. The van der Waals surface area contributed by atoms with Crippen LogP contribution in [0, 0.1) is 23.0 Å². The van der Waals surface area contributed by atoms with Crippen LogP contribution in [0.3, 0.4) is 0 Å². The molecule has 2 aliphatic heterocycles. The van der Waals surface area contributed by atoms with Gasteiger partial charge in [-0.2, -0.15) is 4.31 Å². The third-order valence-electron chi connectivity index (χ3n) is 5.72. The van der Waals surface area contributed by atoms with Crippen molar-refractivity contribution in [3.8, 4) is 0 Å². The minimum Gasteiger partial charge on any atom is -0.299 e. The van der Waals surface area contributed by atoms with Gasteiger partial charge in [0.2, 0.25) is 10.0 Å². The third-order valence-corrected chi connectivity index (χ3v) is 7.67. The van der Waals surface area contributed by atoms with E-state index >= 15 is 0 Å². The lowest BCUT2D eigenvalue weighted by atomic mass is 9.73. The summed E-state index contributed by atoms with van der Waals surface area (Å²) < 4.78 is 28.4. The molecule has 2 bridgehead atoms. The van der Waals surface area contributed by atoms with Crippen molar-refractivity contribution >= 4 is 21.5 Å². The van der Waals surface area contributed by atoms with Crippen LogP contribution < -0.4 is 0 Å². The number of aryl methyl sites for hydroxylation is 1. The number of hydrogen-bond donors (Lipinski definition) is 0. The molecule has 2 heterocycles. The van der Waals surface area contributed by atoms with Crippen LogP contribution in [0.15, 0.2) is 53.4 Å². The van der Waals surface area contributed by atoms with E-state index in [2.05, 4.69) is 0 Å². The molecule has 146 valence electrons. The zero-order valence-corrected chi connectivity index (χ0v) is 16.1. The van der Waals surface area contributed by atoms with Gasteiger partial charge in [0, 0.05) is 30.5 Å². The quantitative estimate of drug-likeness (QED) is 0.579. The molecule has 3 atom stereocenters. The Kier molecular flexibility index (Phi) is 4.55. The summed E-state index contributed by atoms with van der Waals surface area (Å²) in [5, 5.41) is 10.9. The largest absolute Gasteiger partial charge is 0.299 e. The first-order valence-electron chi connectivity index (χ1n) is 9.16. The highest BCUT2D eigenvalue weighted by Crippen LogP contribution is 2.48. The molecule has 0 amide bonds. The number of nitro groups is 1. The molecule has 3 aliphatic rings. The Bertz CT molecular complexity index is 1030. The van der Waals surface area contributed by atoms with Gasteiger partial charge < -0.3 is 0 Å². The van der Waals surface area contributed by atoms with Crippen molar-refractivity contribution in [3.63, 3.8) is 0 Å². The summed E-state index contributed by atoms with van der Waals surface area (Å²) in [6.07, 6.45) is 1.50. The maximum Gasteiger partial charge on any atom is 0.269 e. The highest BCUT2D eigenvalue weighted by Gasteiger charge is 2.52. The Morgan fingerprint density at radius 3 is 2.25 bits per heavy atom. The molecule has 0 unspecified atom stereocenters. The number of non-ortho nitro benzene ring substituents is 1. The average Bonchev–Trinajstić information content (AvgIpc) is 2.68. The van der Waals surface area contributed by atoms with Crippen molar-refractivity contribution < 1.29 is 18.1 Å². The number of hydrogen-bond acceptors (Lipinski definition) is 5. The second-order valence-electron chi connectivity index (χ2n) is 7.45. The van der Waals surface area contributed by atoms with Crippen LogP contribution in [0.4, 0.5) is 5.69 Å². The molecule has 2 aromatic rings. The Labute approximate surface area is 163 Å². The van der Waals surface area contributed by atoms with E-state index in [4.69, 9.17) is 0 Å². The number of nitrogens with zero attached hydrogens (tertiary/aromatic N) is 2. The molecular weight excluding hydrogens is 380 g/mol. The second kappa shape index (κ2) is 6.79. The van der Waals surface area contributed by atoms with Crippen LogP contribution in [0.1, 0.15) is 36.4 Å². The van der Waals surface area contributed by atoms with Gasteiger partial charge in [-0.15, -0.1) is 0 Å². The summed E-state index contributed by atoms with van der Waals surface area (Å²) >= 11 is 0. The number of benzene rings is 2. The van der Waals surface area contributed by atoms with Gasteiger partial charge in [0.15, 0.2) is 0 Å². The van der Waals surface area contributed by atoms with Crippen molar-refractivity contribution in [1.29, 1.82) is 0 Å². The summed E-state index contributed by atoms with van der Waals surface area (Å²) in [6.45, 7) is 1.89. The Morgan fingerprint density at radius 2 is 1.68 bits per heavy atom. The fraction of sp³-hybridized carbons (Fsp3) is 0.350. The van der Waals surface area contributed by atoms with Crippen LogP contribution in [-0.2, 0) is 14.8 Å². The molecule has 28 heavy (non-hydrogen) atoms. The maximum absolute atomic E-state index is 13.5. The molecule has 0 radical (unpaired) electrons. The number of ketones is 1. The summed E-state index contributed by atoms with van der Waals surface area (Å²) in [6, 6.07) is 11.5. The number of carbonyl (C=O) groups is 1. The first-order chi connectivity index (χ1) is 13.3. The standard InChI is InChI=1S/C20H20N2O5S/c1-13-2-9-17(10-3-13)28(26,27)21-16-8-11-18(19(23)12-16)20(21)14-4-6-15(7-5-14)22(24)25/h2-7,9-10,16,18,20H,8,11-12H2,1H3/t16-,18+,20-/m1/s1. The smallest absolute Gasteiger partial charge is 0.269 e. The van der Waals surface area contributed by atoms with Crippen LogP contribution >= 0.6 is 0 Å². The van der Waals surface area contributed by atoms with E-state index < -0.39 is 26.9 Å². The van der Waals surface area contributed by atoms with Gasteiger partial charge in [0.05, 0.1) is 15.9 Å². The van der Waals surface area contributed by atoms with E-state index in [0.717, 1.165) is 5.56 Å². The molecule has 0 spiro atoms. The van der Waals surface area contributed by atoms with Gasteiger partial charge in [0.1, 0.15) is 5.78 Å². The van der Waals surface area contributed by atoms with Gasteiger partial charge >= 0.3 is 0 Å². The van der Waals surface area contributed by atoms with Gasteiger partial charge in [0.25, 0.3) is 5.69 Å². The fourth-order valence-electron chi connectivity index (χ4n) is 4.32. The van der Waals surface area contributed by atoms with E-state index in [1.54, 1.807) is 36.4 Å². The third kappa shape index (κ3) is 3.02. The Hall–Kier alpha value is -2.58. The number of fused-ring (bicyclic) bond motifs is 3. The Balaban J connectivity index is 1.80. The molecule has 3 fully saturated rings. The molecule has 2 aromatic carbocycles. The minimum absolute atomic E-state index is 0.0648. The molecule has 8 heteroatoms. The lowest BCUT2D eigenvalue weighted by molar-refractivity contribution is -0.384. The highest BCUT2D eigenvalue weighted by atomic mass is 32.2. The van der Waals surface area contributed by atoms with Crippen molar-refractivity contribution in [2.24, 2.45) is 5.92 Å². The summed E-state index contributed by atoms with van der Waals surface area (Å²) in [5.74, 6) is -0.360. The van der Waals surface area contributed by atoms with Gasteiger partial charge in [-0.25, -0.2) is 8.42 Å². The maximum atomic E-state index is 13.5. The lowest BCUT2D eigenvalue weighted by Crippen LogP contribution is -2.56. The molecule has 7 nitrogen and oxygen atoms in total. The lowest BCUT2D eigenvalue weighted by Gasteiger charge is -2.49. The van der Waals surface area contributed by atoms with E-state index in [1.165, 1.54) is 16.4 Å². The summed E-state index contributed by atoms with van der Waals surface area (Å²) in [5.41, 5.74) is 1.51. The molecule has 1 saturated carbocycles. The predicted octanol–water partition coefficient (Wildman–Crippen LogP) is 3.39. The van der Waals surface area contributed by atoms with Crippen LogP contribution in [0.25, 0.3) is 0 Å².